The molecule has 0 aliphatic carbocycles. The molecule has 2 N–H and O–H groups in total. The van der Waals surface area contributed by atoms with Crippen molar-refractivity contribution in [1.29, 1.82) is 0 Å². The summed E-state index contributed by atoms with van der Waals surface area (Å²) in [7, 11) is 1.11. The molecule has 0 bridgehead atoms. The van der Waals surface area contributed by atoms with Crippen molar-refractivity contribution in [3.05, 3.63) is 17.4 Å². The third-order valence-electron chi connectivity index (χ3n) is 4.76. The highest BCUT2D eigenvalue weighted by molar-refractivity contribution is 5.82. The molecule has 6 nitrogen and oxygen atoms in total. The van der Waals surface area contributed by atoms with Crippen molar-refractivity contribution >= 4 is 5.91 Å². The van der Waals surface area contributed by atoms with Crippen LogP contribution in [0.1, 0.15) is 25.3 Å². The van der Waals surface area contributed by atoms with E-state index in [0.29, 0.717) is 13.0 Å². The number of aromatic nitrogens is 1. The third kappa shape index (κ3) is 5.05. The van der Waals surface area contributed by atoms with Gasteiger partial charge in [0.05, 0.1) is 13.2 Å². The summed E-state index contributed by atoms with van der Waals surface area (Å²) in [6.45, 7) is -1.56. The summed E-state index contributed by atoms with van der Waals surface area (Å²) in [4.78, 5) is 15.5. The molecule has 0 radical (unpaired) electrons. The number of halogens is 7. The molecule has 1 aliphatic rings. The Hall–Kier alpha value is -2.31. The van der Waals surface area contributed by atoms with Crippen LogP contribution < -0.4 is 20.1 Å². The predicted molar refractivity (Wildman–Crippen MR) is 89.3 cm³/mol. The van der Waals surface area contributed by atoms with Gasteiger partial charge in [0.2, 0.25) is 11.8 Å². The Morgan fingerprint density at radius 2 is 1.87 bits per heavy atom. The van der Waals surface area contributed by atoms with E-state index in [-0.39, 0.29) is 30.8 Å². The molecule has 13 heteroatoms. The van der Waals surface area contributed by atoms with E-state index in [9.17, 15) is 35.5 Å². The lowest BCUT2D eigenvalue weighted by Crippen LogP contribution is -2.51. The van der Waals surface area contributed by atoms with Crippen LogP contribution in [0, 0.1) is 11.2 Å². The number of pyridine rings is 1. The van der Waals surface area contributed by atoms with Gasteiger partial charge < -0.3 is 20.1 Å². The number of amides is 1. The number of nitrogens with one attached hydrogen (secondary N) is 2. The van der Waals surface area contributed by atoms with E-state index < -0.39 is 42.1 Å². The van der Waals surface area contributed by atoms with Crippen LogP contribution >= 0.6 is 0 Å². The van der Waals surface area contributed by atoms with Gasteiger partial charge >= 0.3 is 12.4 Å². The first-order chi connectivity index (χ1) is 13.8. The molecule has 2 heterocycles. The highest BCUT2D eigenvalue weighted by Gasteiger charge is 2.68. The van der Waals surface area contributed by atoms with Crippen molar-refractivity contribution in [1.82, 2.24) is 15.6 Å². The van der Waals surface area contributed by atoms with Crippen molar-refractivity contribution in [3.63, 3.8) is 0 Å². The summed E-state index contributed by atoms with van der Waals surface area (Å²) < 4.78 is 101. The molecule has 1 atom stereocenters. The van der Waals surface area contributed by atoms with E-state index in [0.717, 1.165) is 19.6 Å². The van der Waals surface area contributed by atoms with Crippen LogP contribution in [0.15, 0.2) is 6.07 Å². The quantitative estimate of drug-likeness (QED) is 0.629. The lowest BCUT2D eigenvalue weighted by atomic mass is 9.90. The Morgan fingerprint density at radius 1 is 1.23 bits per heavy atom. The average molecular weight is 447 g/mol. The fraction of sp³-hybridized carbons (Fsp3) is 0.647. The zero-order valence-electron chi connectivity index (χ0n) is 16.0. The van der Waals surface area contributed by atoms with Crippen molar-refractivity contribution < 1.29 is 45.0 Å². The van der Waals surface area contributed by atoms with Gasteiger partial charge in [0.15, 0.2) is 11.2 Å². The third-order valence-corrected chi connectivity index (χ3v) is 4.76. The molecule has 1 unspecified atom stereocenters. The first-order valence-corrected chi connectivity index (χ1v) is 8.81. The Kier molecular flexibility index (Phi) is 7.05. The lowest BCUT2D eigenvalue weighted by molar-refractivity contribution is -0.340. The van der Waals surface area contributed by atoms with E-state index in [1.54, 1.807) is 0 Å². The second-order valence-electron chi connectivity index (χ2n) is 6.93. The van der Waals surface area contributed by atoms with Crippen LogP contribution in [0.5, 0.6) is 11.8 Å². The number of carbonyl (C=O) groups is 1. The highest BCUT2D eigenvalue weighted by Crippen LogP contribution is 2.50. The van der Waals surface area contributed by atoms with Gasteiger partial charge in [0, 0.05) is 12.1 Å². The smallest absolute Gasteiger partial charge is 0.406 e. The Morgan fingerprint density at radius 3 is 2.37 bits per heavy atom. The fourth-order valence-electron chi connectivity index (χ4n) is 2.65. The molecule has 0 aromatic carbocycles. The Bertz CT molecular complexity index is 748. The summed E-state index contributed by atoms with van der Waals surface area (Å²) in [6, 6.07) is 0.362. The normalized spacial score (nSPS) is 17.7. The molecule has 1 aliphatic heterocycles. The number of ether oxygens (including phenoxy) is 2. The maximum atomic E-state index is 14.2. The molecule has 30 heavy (non-hydrogen) atoms. The zero-order chi connectivity index (χ0) is 22.7. The maximum Gasteiger partial charge on any atom is 0.406 e. The van der Waals surface area contributed by atoms with Crippen LogP contribution in [0.2, 0.25) is 0 Å². The van der Waals surface area contributed by atoms with Gasteiger partial charge in [0.1, 0.15) is 6.61 Å². The molecular formula is C17H20F7N3O3. The summed E-state index contributed by atoms with van der Waals surface area (Å²) in [5.41, 5.74) is -4.20. The molecule has 1 aromatic heterocycles. The molecule has 1 aromatic rings. The summed E-state index contributed by atoms with van der Waals surface area (Å²) >= 11 is 0. The van der Waals surface area contributed by atoms with Gasteiger partial charge in [0.25, 0.3) is 5.88 Å². The molecule has 0 spiro atoms. The number of nitrogens with zero attached hydrogens (tertiary/aromatic N) is 1. The van der Waals surface area contributed by atoms with E-state index in [1.807, 2.05) is 0 Å². The van der Waals surface area contributed by atoms with Crippen molar-refractivity contribution in [2.45, 2.75) is 44.7 Å². The van der Waals surface area contributed by atoms with Crippen molar-refractivity contribution in [2.24, 2.45) is 5.41 Å². The van der Waals surface area contributed by atoms with Gasteiger partial charge in [-0.15, -0.1) is 0 Å². The van der Waals surface area contributed by atoms with Crippen LogP contribution in [0.4, 0.5) is 30.7 Å². The first-order valence-electron chi connectivity index (χ1n) is 8.81. The van der Waals surface area contributed by atoms with Crippen molar-refractivity contribution in [3.8, 4) is 11.8 Å². The number of hydrogen-bond acceptors (Lipinski definition) is 5. The Balaban J connectivity index is 2.15. The summed E-state index contributed by atoms with van der Waals surface area (Å²) in [5.74, 6) is -3.04. The topological polar surface area (TPSA) is 72.5 Å². The lowest BCUT2D eigenvalue weighted by Gasteiger charge is -2.33. The van der Waals surface area contributed by atoms with E-state index in [4.69, 9.17) is 4.74 Å². The summed E-state index contributed by atoms with van der Waals surface area (Å²) in [5, 5.41) is 5.49. The largest absolute Gasteiger partial charge is 0.481 e. The first kappa shape index (κ1) is 24.0. The van der Waals surface area contributed by atoms with Crippen LogP contribution in [0.3, 0.4) is 0 Å². The second kappa shape index (κ2) is 8.82. The van der Waals surface area contributed by atoms with Gasteiger partial charge in [-0.2, -0.15) is 31.3 Å². The number of methoxy groups -OCH3 is 1. The Labute approximate surface area is 167 Å². The molecule has 170 valence electrons. The van der Waals surface area contributed by atoms with Gasteiger partial charge in [-0.05, 0) is 32.4 Å². The van der Waals surface area contributed by atoms with Crippen LogP contribution in [0.25, 0.3) is 0 Å². The minimum atomic E-state index is -5.69. The SMILES string of the molecule is COc1nc(OCC(C)(C(F)(F)F)C(F)(F)F)c(F)cc1CNC(=O)C1CCCN1. The molecule has 1 saturated heterocycles. The van der Waals surface area contributed by atoms with Crippen LogP contribution in [-0.4, -0.2) is 49.5 Å². The fourth-order valence-corrected chi connectivity index (χ4v) is 2.65. The van der Waals surface area contributed by atoms with Gasteiger partial charge in [-0.3, -0.25) is 4.79 Å². The number of alkyl halides is 6. The van der Waals surface area contributed by atoms with Crippen LogP contribution in [-0.2, 0) is 11.3 Å². The van der Waals surface area contributed by atoms with Gasteiger partial charge in [-0.25, -0.2) is 4.39 Å². The number of hydrogen-bond donors (Lipinski definition) is 2. The molecule has 1 fully saturated rings. The second-order valence-corrected chi connectivity index (χ2v) is 6.93. The minimum Gasteiger partial charge on any atom is -0.481 e. The number of rotatable bonds is 7. The van der Waals surface area contributed by atoms with E-state index in [2.05, 4.69) is 20.4 Å². The number of carbonyl (C=O) groups excluding carboxylic acids is 1. The van der Waals surface area contributed by atoms with Crippen molar-refractivity contribution in [2.75, 3.05) is 20.3 Å². The average Bonchev–Trinajstić information content (AvgIpc) is 3.17. The predicted octanol–water partition coefficient (Wildman–Crippen LogP) is 3.11. The van der Waals surface area contributed by atoms with E-state index in [1.165, 1.54) is 0 Å². The minimum absolute atomic E-state index is 0.0306. The zero-order valence-corrected chi connectivity index (χ0v) is 16.0. The molecular weight excluding hydrogens is 427 g/mol. The molecule has 1 amide bonds. The molecule has 0 saturated carbocycles. The standard InChI is InChI=1S/C17H20F7N3O3/c1-15(16(19,20)21,17(22,23)24)8-30-14-10(18)6-9(13(27-14)29-2)7-26-12(28)11-4-3-5-25-11/h6,11,25H,3-5,7-8H2,1-2H3,(H,26,28). The monoisotopic (exact) mass is 447 g/mol. The van der Waals surface area contributed by atoms with E-state index >= 15 is 0 Å². The molecule has 2 rings (SSSR count). The maximum absolute atomic E-state index is 14.2. The highest BCUT2D eigenvalue weighted by atomic mass is 19.4. The summed E-state index contributed by atoms with van der Waals surface area (Å²) in [6.07, 6.45) is -9.94. The van der Waals surface area contributed by atoms with Gasteiger partial charge in [-0.1, -0.05) is 0 Å².